The largest absolute Gasteiger partial charge is 0.368 e. The second-order valence-corrected chi connectivity index (χ2v) is 7.45. The quantitative estimate of drug-likeness (QED) is 0.814. The number of nitrogens with one attached hydrogen (secondary N) is 1. The van der Waals surface area contributed by atoms with Crippen LogP contribution in [-0.2, 0) is 25.6 Å². The molecule has 0 bridgehead atoms. The van der Waals surface area contributed by atoms with Crippen LogP contribution in [0.3, 0.4) is 0 Å². The highest BCUT2D eigenvalue weighted by atomic mass is 16.5. The Morgan fingerprint density at radius 1 is 0.897 bits per heavy atom. The van der Waals surface area contributed by atoms with Gasteiger partial charge in [0.15, 0.2) is 0 Å². The van der Waals surface area contributed by atoms with E-state index in [1.54, 1.807) is 4.90 Å². The summed E-state index contributed by atoms with van der Waals surface area (Å²) in [5.41, 5.74) is 2.56. The highest BCUT2D eigenvalue weighted by Gasteiger charge is 2.29. The van der Waals surface area contributed by atoms with Gasteiger partial charge in [-0.3, -0.25) is 9.59 Å². The Morgan fingerprint density at radius 2 is 1.55 bits per heavy atom. The van der Waals surface area contributed by atoms with Crippen LogP contribution in [-0.4, -0.2) is 37.2 Å². The maximum atomic E-state index is 13.0. The number of rotatable bonds is 6. The van der Waals surface area contributed by atoms with Crippen molar-refractivity contribution in [3.63, 3.8) is 0 Å². The fourth-order valence-electron chi connectivity index (χ4n) is 3.73. The Balaban J connectivity index is 1.45. The van der Waals surface area contributed by atoms with E-state index in [9.17, 15) is 9.59 Å². The number of ether oxygens (including phenoxy) is 2. The predicted molar refractivity (Wildman–Crippen MR) is 111 cm³/mol. The zero-order chi connectivity index (χ0) is 20.1. The van der Waals surface area contributed by atoms with E-state index in [4.69, 9.17) is 9.47 Å². The molecule has 6 heteroatoms. The fourth-order valence-corrected chi connectivity index (χ4v) is 3.73. The minimum absolute atomic E-state index is 0.00976. The van der Waals surface area contributed by atoms with Gasteiger partial charge in [0.2, 0.25) is 0 Å². The smallest absolute Gasteiger partial charge is 0.256 e. The Bertz CT molecular complexity index is 826. The molecule has 2 amide bonds. The van der Waals surface area contributed by atoms with Crippen molar-refractivity contribution in [2.45, 2.75) is 44.4 Å². The van der Waals surface area contributed by atoms with E-state index in [0.29, 0.717) is 19.8 Å². The van der Waals surface area contributed by atoms with E-state index in [1.807, 2.05) is 54.6 Å². The first-order valence-electron chi connectivity index (χ1n) is 10.2. The van der Waals surface area contributed by atoms with Crippen LogP contribution in [0, 0.1) is 0 Å². The van der Waals surface area contributed by atoms with E-state index < -0.39 is 0 Å². The average Bonchev–Trinajstić information content (AvgIpc) is 3.47. The molecule has 0 saturated carbocycles. The second kappa shape index (κ2) is 9.20. The van der Waals surface area contributed by atoms with Gasteiger partial charge in [-0.25, -0.2) is 0 Å². The van der Waals surface area contributed by atoms with Gasteiger partial charge in [-0.2, -0.15) is 0 Å². The van der Waals surface area contributed by atoms with Crippen molar-refractivity contribution < 1.29 is 19.1 Å². The first kappa shape index (κ1) is 19.6. The van der Waals surface area contributed by atoms with Gasteiger partial charge in [-0.15, -0.1) is 0 Å². The van der Waals surface area contributed by atoms with Gasteiger partial charge in [0.05, 0.1) is 6.54 Å². The van der Waals surface area contributed by atoms with Gasteiger partial charge < -0.3 is 19.7 Å². The summed E-state index contributed by atoms with van der Waals surface area (Å²) in [6.45, 7) is 1.73. The molecule has 2 atom stereocenters. The van der Waals surface area contributed by atoms with E-state index in [-0.39, 0.29) is 24.0 Å². The van der Waals surface area contributed by atoms with Crippen molar-refractivity contribution in [1.82, 2.24) is 0 Å². The Kier molecular flexibility index (Phi) is 6.22. The van der Waals surface area contributed by atoms with E-state index in [0.717, 1.165) is 42.6 Å². The first-order chi connectivity index (χ1) is 14.2. The van der Waals surface area contributed by atoms with Crippen molar-refractivity contribution in [3.8, 4) is 0 Å². The Labute approximate surface area is 170 Å². The summed E-state index contributed by atoms with van der Waals surface area (Å²) >= 11 is 0. The lowest BCUT2D eigenvalue weighted by atomic mass is 10.1. The number of anilines is 2. The molecule has 2 fully saturated rings. The van der Waals surface area contributed by atoms with Crippen LogP contribution < -0.4 is 10.2 Å². The number of carbonyl (C=O) groups is 2. The second-order valence-electron chi connectivity index (χ2n) is 7.45. The summed E-state index contributed by atoms with van der Waals surface area (Å²) in [6.07, 6.45) is 2.63. The summed E-state index contributed by atoms with van der Waals surface area (Å²) in [5, 5.41) is 2.90. The molecule has 2 heterocycles. The third kappa shape index (κ3) is 4.83. The molecule has 2 aliphatic heterocycles. The molecule has 0 aliphatic carbocycles. The summed E-state index contributed by atoms with van der Waals surface area (Å²) in [4.78, 5) is 27.0. The molecule has 2 aromatic carbocycles. The van der Waals surface area contributed by atoms with Crippen LogP contribution in [0.15, 0.2) is 54.6 Å². The van der Waals surface area contributed by atoms with Crippen LogP contribution in [0.5, 0.6) is 0 Å². The molecule has 6 nitrogen and oxygen atoms in total. The standard InChI is InChI=1S/C23H26N2O4/c26-22(20-8-4-14-28-20)24-18-12-10-17(11-13-18)16-25(19-6-2-1-3-7-19)23(27)21-9-5-15-29-21/h1-3,6-7,10-13,20-21H,4-5,8-9,14-16H2,(H,24,26)/t20-,21-/m0/s1. The minimum Gasteiger partial charge on any atom is -0.368 e. The summed E-state index contributed by atoms with van der Waals surface area (Å²) in [7, 11) is 0. The molecule has 0 aromatic heterocycles. The Hall–Kier alpha value is -2.70. The molecule has 0 unspecified atom stereocenters. The maximum Gasteiger partial charge on any atom is 0.256 e. The average molecular weight is 394 g/mol. The van der Waals surface area contributed by atoms with E-state index in [1.165, 1.54) is 0 Å². The predicted octanol–water partition coefficient (Wildman–Crippen LogP) is 3.52. The van der Waals surface area contributed by atoms with Gasteiger partial charge in [0.25, 0.3) is 11.8 Å². The number of carbonyl (C=O) groups excluding carboxylic acids is 2. The molecule has 152 valence electrons. The number of benzene rings is 2. The molecule has 2 aromatic rings. The molecule has 2 saturated heterocycles. The molecule has 2 aliphatic rings. The molecule has 29 heavy (non-hydrogen) atoms. The Morgan fingerprint density at radius 3 is 2.17 bits per heavy atom. The highest BCUT2D eigenvalue weighted by Crippen LogP contribution is 2.23. The van der Waals surface area contributed by atoms with Gasteiger partial charge in [-0.05, 0) is 55.5 Å². The van der Waals surface area contributed by atoms with Crippen LogP contribution in [0.2, 0.25) is 0 Å². The van der Waals surface area contributed by atoms with Crippen LogP contribution in [0.4, 0.5) is 11.4 Å². The van der Waals surface area contributed by atoms with Crippen LogP contribution in [0.25, 0.3) is 0 Å². The number of nitrogens with zero attached hydrogens (tertiary/aromatic N) is 1. The number of amides is 2. The van der Waals surface area contributed by atoms with Crippen molar-refractivity contribution in [1.29, 1.82) is 0 Å². The molecule has 4 rings (SSSR count). The van der Waals surface area contributed by atoms with Gasteiger partial charge in [-0.1, -0.05) is 30.3 Å². The monoisotopic (exact) mass is 394 g/mol. The maximum absolute atomic E-state index is 13.0. The molecular weight excluding hydrogens is 368 g/mol. The normalized spacial score (nSPS) is 21.1. The van der Waals surface area contributed by atoms with Crippen LogP contribution in [0.1, 0.15) is 31.2 Å². The van der Waals surface area contributed by atoms with Crippen LogP contribution >= 0.6 is 0 Å². The third-order valence-corrected chi connectivity index (χ3v) is 5.32. The van der Waals surface area contributed by atoms with Crippen molar-refractivity contribution in [3.05, 3.63) is 60.2 Å². The third-order valence-electron chi connectivity index (χ3n) is 5.32. The zero-order valence-electron chi connectivity index (χ0n) is 16.4. The lowest BCUT2D eigenvalue weighted by Crippen LogP contribution is -2.38. The summed E-state index contributed by atoms with van der Waals surface area (Å²) < 4.78 is 11.0. The van der Waals surface area contributed by atoms with Crippen molar-refractivity contribution in [2.24, 2.45) is 0 Å². The van der Waals surface area contributed by atoms with Crippen molar-refractivity contribution in [2.75, 3.05) is 23.4 Å². The topological polar surface area (TPSA) is 67.9 Å². The SMILES string of the molecule is O=C(Nc1ccc(CN(C(=O)[C@@H]2CCCO2)c2ccccc2)cc1)[C@@H]1CCCO1. The van der Waals surface area contributed by atoms with E-state index in [2.05, 4.69) is 5.32 Å². The summed E-state index contributed by atoms with van der Waals surface area (Å²) in [5.74, 6) is -0.112. The number of hydrogen-bond donors (Lipinski definition) is 1. The van der Waals surface area contributed by atoms with E-state index >= 15 is 0 Å². The number of para-hydroxylation sites is 1. The highest BCUT2D eigenvalue weighted by molar-refractivity contribution is 5.97. The van der Waals surface area contributed by atoms with Gasteiger partial charge >= 0.3 is 0 Å². The number of hydrogen-bond acceptors (Lipinski definition) is 4. The molecule has 0 radical (unpaired) electrons. The summed E-state index contributed by atoms with van der Waals surface area (Å²) in [6, 6.07) is 17.2. The fraction of sp³-hybridized carbons (Fsp3) is 0.391. The van der Waals surface area contributed by atoms with Gasteiger partial charge in [0.1, 0.15) is 12.2 Å². The minimum atomic E-state index is -0.375. The molecule has 1 N–H and O–H groups in total. The molecular formula is C23H26N2O4. The first-order valence-corrected chi connectivity index (χ1v) is 10.2. The van der Waals surface area contributed by atoms with Crippen molar-refractivity contribution >= 4 is 23.2 Å². The lowest BCUT2D eigenvalue weighted by Gasteiger charge is -2.25. The molecule has 0 spiro atoms. The lowest BCUT2D eigenvalue weighted by molar-refractivity contribution is -0.127. The van der Waals surface area contributed by atoms with Gasteiger partial charge in [0, 0.05) is 24.6 Å². The zero-order valence-corrected chi connectivity index (χ0v) is 16.4.